The number of thiazole rings is 1. The van der Waals surface area contributed by atoms with Crippen LogP contribution >= 0.6 is 11.3 Å². The first-order valence-corrected chi connectivity index (χ1v) is 9.12. The lowest BCUT2D eigenvalue weighted by Crippen LogP contribution is -2.19. The zero-order valence-electron chi connectivity index (χ0n) is 14.7. The number of hydrogen-bond donors (Lipinski definition) is 1. The van der Waals surface area contributed by atoms with Crippen molar-refractivity contribution in [2.75, 3.05) is 5.32 Å². The Morgan fingerprint density at radius 2 is 1.96 bits per heavy atom. The van der Waals surface area contributed by atoms with Gasteiger partial charge in [0.05, 0.1) is 0 Å². The summed E-state index contributed by atoms with van der Waals surface area (Å²) in [6, 6.07) is 11.3. The van der Waals surface area contributed by atoms with E-state index in [9.17, 15) is 4.79 Å². The fourth-order valence-corrected chi connectivity index (χ4v) is 3.43. The number of anilines is 1. The molecule has 0 aliphatic carbocycles. The molecule has 0 aliphatic rings. The van der Waals surface area contributed by atoms with Gasteiger partial charge in [-0.2, -0.15) is 0 Å². The van der Waals surface area contributed by atoms with Gasteiger partial charge in [0.15, 0.2) is 5.13 Å². The Kier molecular flexibility index (Phi) is 4.90. The van der Waals surface area contributed by atoms with Crippen molar-refractivity contribution < 1.29 is 4.79 Å². The summed E-state index contributed by atoms with van der Waals surface area (Å²) in [5.41, 5.74) is 3.07. The van der Waals surface area contributed by atoms with Gasteiger partial charge in [0.2, 0.25) is 0 Å². The highest BCUT2D eigenvalue weighted by atomic mass is 32.1. The van der Waals surface area contributed by atoms with Crippen LogP contribution < -0.4 is 10.9 Å². The monoisotopic (exact) mass is 349 g/mol. The summed E-state index contributed by atoms with van der Waals surface area (Å²) in [5, 5.41) is 3.43. The molecule has 0 atom stereocenters. The van der Waals surface area contributed by atoms with Crippen LogP contribution in [0.2, 0.25) is 0 Å². The molecule has 3 aromatic rings. The predicted molar refractivity (Wildman–Crippen MR) is 105 cm³/mol. The molecule has 1 aromatic carbocycles. The van der Waals surface area contributed by atoms with Crippen molar-refractivity contribution in [2.45, 2.75) is 33.6 Å². The number of hydrogen-bond acceptors (Lipinski definition) is 4. The number of nitrogens with zero attached hydrogens (tertiary/aromatic N) is 2. The van der Waals surface area contributed by atoms with Crippen molar-refractivity contribution in [3.63, 3.8) is 0 Å². The van der Waals surface area contributed by atoms with E-state index in [2.05, 4.69) is 36.1 Å². The van der Waals surface area contributed by atoms with Crippen LogP contribution in [0.4, 0.5) is 5.13 Å². The second-order valence-electron chi connectivity index (χ2n) is 6.89. The number of aromatic nitrogens is 2. The molecule has 0 fully saturated rings. The average Bonchev–Trinajstić information content (AvgIpc) is 2.96. The lowest BCUT2D eigenvalue weighted by atomic mass is 9.82. The van der Waals surface area contributed by atoms with Crippen LogP contribution in [-0.4, -0.2) is 23.7 Å². The summed E-state index contributed by atoms with van der Waals surface area (Å²) in [6.45, 7) is 6.60. The molecule has 2 heterocycles. The molecule has 0 spiro atoms. The lowest BCUT2D eigenvalue weighted by molar-refractivity contribution is 0.102. The van der Waals surface area contributed by atoms with E-state index in [4.69, 9.17) is 7.85 Å². The maximum absolute atomic E-state index is 12.8. The highest BCUT2D eigenvalue weighted by Crippen LogP contribution is 2.28. The number of pyridine rings is 1. The summed E-state index contributed by atoms with van der Waals surface area (Å²) in [5.74, 6) is -0.144. The van der Waals surface area contributed by atoms with E-state index >= 15 is 0 Å². The summed E-state index contributed by atoms with van der Waals surface area (Å²) in [4.78, 5) is 22.1. The summed E-state index contributed by atoms with van der Waals surface area (Å²) >= 11 is 1.32. The van der Waals surface area contributed by atoms with E-state index in [1.165, 1.54) is 11.3 Å². The van der Waals surface area contributed by atoms with Gasteiger partial charge in [0.1, 0.15) is 18.2 Å². The van der Waals surface area contributed by atoms with E-state index in [1.54, 1.807) is 6.07 Å². The van der Waals surface area contributed by atoms with Crippen molar-refractivity contribution in [1.82, 2.24) is 9.97 Å². The standard InChI is InChI=1S/C19H20BN3OS/c1-4-19(2,3)11-12-7-5-6-8-13(12)16(24)23-18-21-14-9-10-15(20)22-17(14)25-18/h5-10H,4,11H2,1-3H3,(H,21,23,24). The molecule has 0 aliphatic heterocycles. The SMILES string of the molecule is [B]c1ccc2nc(NC(=O)c3ccccc3CC(C)(C)CC)sc2n1. The number of carbonyl (C=O) groups excluding carboxylic acids is 1. The van der Waals surface area contributed by atoms with Crippen LogP contribution in [0.5, 0.6) is 0 Å². The van der Waals surface area contributed by atoms with Gasteiger partial charge in [-0.3, -0.25) is 15.1 Å². The van der Waals surface area contributed by atoms with Crippen LogP contribution in [0.15, 0.2) is 36.4 Å². The van der Waals surface area contributed by atoms with Gasteiger partial charge in [-0.1, -0.05) is 56.7 Å². The average molecular weight is 349 g/mol. The fourth-order valence-electron chi connectivity index (χ4n) is 2.59. The highest BCUT2D eigenvalue weighted by molar-refractivity contribution is 7.22. The fraction of sp³-hybridized carbons (Fsp3) is 0.316. The van der Waals surface area contributed by atoms with Gasteiger partial charge in [-0.25, -0.2) is 4.98 Å². The topological polar surface area (TPSA) is 54.9 Å². The number of benzene rings is 1. The second kappa shape index (κ2) is 6.96. The molecule has 0 bridgehead atoms. The van der Waals surface area contributed by atoms with Crippen LogP contribution in [0.25, 0.3) is 10.3 Å². The quantitative estimate of drug-likeness (QED) is 0.715. The molecule has 126 valence electrons. The largest absolute Gasteiger partial charge is 0.298 e. The highest BCUT2D eigenvalue weighted by Gasteiger charge is 2.20. The van der Waals surface area contributed by atoms with Gasteiger partial charge in [0, 0.05) is 5.56 Å². The molecular weight excluding hydrogens is 329 g/mol. The summed E-state index contributed by atoms with van der Waals surface area (Å²) < 4.78 is 0. The molecule has 1 amide bonds. The van der Waals surface area contributed by atoms with Crippen molar-refractivity contribution in [3.05, 3.63) is 47.5 Å². The number of rotatable bonds is 5. The summed E-state index contributed by atoms with van der Waals surface area (Å²) in [6.07, 6.45) is 1.90. The van der Waals surface area contributed by atoms with Crippen molar-refractivity contribution >= 4 is 46.2 Å². The number of nitrogens with one attached hydrogen (secondary N) is 1. The maximum Gasteiger partial charge on any atom is 0.257 e. The van der Waals surface area contributed by atoms with Crippen molar-refractivity contribution in [2.24, 2.45) is 5.41 Å². The number of amides is 1. The Balaban J connectivity index is 1.85. The lowest BCUT2D eigenvalue weighted by Gasteiger charge is -2.23. The summed E-state index contributed by atoms with van der Waals surface area (Å²) in [7, 11) is 5.70. The molecule has 4 nitrogen and oxygen atoms in total. The van der Waals surface area contributed by atoms with Crippen molar-refractivity contribution in [1.29, 1.82) is 0 Å². The Hall–Kier alpha value is -2.21. The van der Waals surface area contributed by atoms with Gasteiger partial charge in [-0.05, 0) is 41.2 Å². The Morgan fingerprint density at radius 1 is 1.20 bits per heavy atom. The van der Waals surface area contributed by atoms with Crippen LogP contribution in [0, 0.1) is 5.41 Å². The van der Waals surface area contributed by atoms with E-state index in [0.717, 1.165) is 28.8 Å². The third kappa shape index (κ3) is 4.07. The number of fused-ring (bicyclic) bond motifs is 1. The Bertz CT molecular complexity index is 920. The zero-order valence-corrected chi connectivity index (χ0v) is 15.5. The minimum atomic E-state index is -0.144. The van der Waals surface area contributed by atoms with E-state index in [-0.39, 0.29) is 11.3 Å². The Morgan fingerprint density at radius 3 is 2.72 bits per heavy atom. The zero-order chi connectivity index (χ0) is 18.0. The smallest absolute Gasteiger partial charge is 0.257 e. The van der Waals surface area contributed by atoms with Gasteiger partial charge < -0.3 is 0 Å². The van der Waals surface area contributed by atoms with Gasteiger partial charge >= 0.3 is 0 Å². The van der Waals surface area contributed by atoms with E-state index in [0.29, 0.717) is 16.3 Å². The minimum Gasteiger partial charge on any atom is -0.298 e. The maximum atomic E-state index is 12.8. The third-order valence-electron chi connectivity index (χ3n) is 4.39. The van der Waals surface area contributed by atoms with Crippen LogP contribution in [0.3, 0.4) is 0 Å². The second-order valence-corrected chi connectivity index (χ2v) is 7.86. The molecule has 1 N–H and O–H groups in total. The molecular formula is C19H20BN3OS. The third-order valence-corrected chi connectivity index (χ3v) is 5.27. The van der Waals surface area contributed by atoms with E-state index in [1.807, 2.05) is 30.3 Å². The molecule has 3 rings (SSSR count). The molecule has 0 unspecified atom stereocenters. The molecule has 2 aromatic heterocycles. The first-order valence-electron chi connectivity index (χ1n) is 8.30. The van der Waals surface area contributed by atoms with Gasteiger partial charge in [0.25, 0.3) is 5.91 Å². The normalized spacial score (nSPS) is 11.6. The molecule has 0 saturated heterocycles. The van der Waals surface area contributed by atoms with Gasteiger partial charge in [-0.15, -0.1) is 0 Å². The van der Waals surface area contributed by atoms with Crippen LogP contribution in [0.1, 0.15) is 43.1 Å². The number of carbonyl (C=O) groups is 1. The Labute approximate surface area is 153 Å². The molecule has 2 radical (unpaired) electrons. The molecule has 25 heavy (non-hydrogen) atoms. The van der Waals surface area contributed by atoms with Crippen molar-refractivity contribution in [3.8, 4) is 0 Å². The molecule has 6 heteroatoms. The first-order chi connectivity index (χ1) is 11.9. The predicted octanol–water partition coefficient (Wildman–Crippen LogP) is 3.72. The molecule has 0 saturated carbocycles. The van der Waals surface area contributed by atoms with Crippen LogP contribution in [-0.2, 0) is 6.42 Å². The first kappa shape index (κ1) is 17.6. The minimum absolute atomic E-state index is 0.144. The van der Waals surface area contributed by atoms with E-state index < -0.39 is 0 Å².